The van der Waals surface area contributed by atoms with Crippen LogP contribution in [0.5, 0.6) is 5.75 Å². The summed E-state index contributed by atoms with van der Waals surface area (Å²) in [5.74, 6) is 0.296. The minimum Gasteiger partial charge on any atom is -0.508 e. The van der Waals surface area contributed by atoms with Crippen molar-refractivity contribution in [2.45, 2.75) is 25.1 Å². The van der Waals surface area contributed by atoms with Crippen molar-refractivity contribution in [3.05, 3.63) is 29.3 Å². The molecular formula is C11H13BrO2. The number of carbonyl (C=O) groups is 1. The number of Topliss-reactive ketones (excluding diaryl/α,β-unsaturated/α-hetero) is 1. The van der Waals surface area contributed by atoms with E-state index in [4.69, 9.17) is 0 Å². The van der Waals surface area contributed by atoms with E-state index in [1.54, 1.807) is 6.07 Å². The zero-order valence-electron chi connectivity index (χ0n) is 8.25. The maximum Gasteiger partial charge on any atom is 0.147 e. The molecule has 76 valence electrons. The Hall–Kier alpha value is -0.830. The molecule has 0 saturated heterocycles. The summed E-state index contributed by atoms with van der Waals surface area (Å²) in [6.07, 6.45) is 0.791. The highest BCUT2D eigenvalue weighted by Crippen LogP contribution is 2.28. The summed E-state index contributed by atoms with van der Waals surface area (Å²) < 4.78 is 0. The number of hydrogen-bond acceptors (Lipinski definition) is 2. The summed E-state index contributed by atoms with van der Waals surface area (Å²) in [6.45, 7) is 3.50. The Labute approximate surface area is 92.1 Å². The largest absolute Gasteiger partial charge is 0.508 e. The van der Waals surface area contributed by atoms with Crippen LogP contribution in [-0.2, 0) is 11.2 Å². The lowest BCUT2D eigenvalue weighted by Gasteiger charge is -2.08. The molecule has 0 aromatic heterocycles. The average molecular weight is 257 g/mol. The molecule has 1 aromatic rings. The summed E-state index contributed by atoms with van der Waals surface area (Å²) in [6, 6.07) is 5.35. The van der Waals surface area contributed by atoms with Crippen molar-refractivity contribution >= 4 is 21.7 Å². The SMILES string of the molecule is CCc1ccc(C(Br)C(C)=O)cc1O. The van der Waals surface area contributed by atoms with Crippen LogP contribution in [0.25, 0.3) is 0 Å². The fourth-order valence-electron chi connectivity index (χ4n) is 1.27. The van der Waals surface area contributed by atoms with Crippen molar-refractivity contribution in [3.63, 3.8) is 0 Å². The van der Waals surface area contributed by atoms with Crippen LogP contribution in [0, 0.1) is 0 Å². The molecule has 0 bridgehead atoms. The molecule has 0 heterocycles. The van der Waals surface area contributed by atoms with Crippen LogP contribution in [0.2, 0.25) is 0 Å². The summed E-state index contributed by atoms with van der Waals surface area (Å²) in [4.78, 5) is 10.8. The molecule has 0 radical (unpaired) electrons. The summed E-state index contributed by atoms with van der Waals surface area (Å²) >= 11 is 3.27. The number of phenols is 1. The Kier molecular flexibility index (Phi) is 3.69. The van der Waals surface area contributed by atoms with Crippen LogP contribution in [0.4, 0.5) is 0 Å². The van der Waals surface area contributed by atoms with Gasteiger partial charge in [0.2, 0.25) is 0 Å². The number of phenolic OH excluding ortho intramolecular Hbond substituents is 1. The van der Waals surface area contributed by atoms with Gasteiger partial charge < -0.3 is 5.11 Å². The molecule has 1 rings (SSSR count). The highest BCUT2D eigenvalue weighted by molar-refractivity contribution is 9.09. The van der Waals surface area contributed by atoms with Crippen molar-refractivity contribution in [1.29, 1.82) is 0 Å². The van der Waals surface area contributed by atoms with Gasteiger partial charge in [-0.1, -0.05) is 35.0 Å². The van der Waals surface area contributed by atoms with Crippen molar-refractivity contribution in [2.24, 2.45) is 0 Å². The molecule has 2 nitrogen and oxygen atoms in total. The molecule has 0 aliphatic carbocycles. The van der Waals surface area contributed by atoms with Gasteiger partial charge in [0.05, 0.1) is 4.83 Å². The molecule has 0 aliphatic heterocycles. The quantitative estimate of drug-likeness (QED) is 0.845. The smallest absolute Gasteiger partial charge is 0.147 e. The van der Waals surface area contributed by atoms with Gasteiger partial charge in [0, 0.05) is 0 Å². The van der Waals surface area contributed by atoms with Gasteiger partial charge in [0.25, 0.3) is 0 Å². The lowest BCUT2D eigenvalue weighted by molar-refractivity contribution is -0.116. The first-order chi connectivity index (χ1) is 6.56. The average Bonchev–Trinajstić information content (AvgIpc) is 2.16. The Morgan fingerprint density at radius 2 is 2.21 bits per heavy atom. The second-order valence-corrected chi connectivity index (χ2v) is 4.13. The maximum absolute atomic E-state index is 11.1. The van der Waals surface area contributed by atoms with E-state index in [1.807, 2.05) is 19.1 Å². The Bertz CT molecular complexity index is 347. The van der Waals surface area contributed by atoms with Gasteiger partial charge >= 0.3 is 0 Å². The van der Waals surface area contributed by atoms with Gasteiger partial charge in [-0.2, -0.15) is 0 Å². The van der Waals surface area contributed by atoms with Crippen LogP contribution >= 0.6 is 15.9 Å². The number of halogens is 1. The number of aromatic hydroxyl groups is 1. The van der Waals surface area contributed by atoms with Crippen LogP contribution < -0.4 is 0 Å². The highest BCUT2D eigenvalue weighted by Gasteiger charge is 2.13. The third-order valence-electron chi connectivity index (χ3n) is 2.14. The van der Waals surface area contributed by atoms with E-state index in [2.05, 4.69) is 15.9 Å². The number of rotatable bonds is 3. The van der Waals surface area contributed by atoms with E-state index in [0.29, 0.717) is 0 Å². The molecule has 3 heteroatoms. The highest BCUT2D eigenvalue weighted by atomic mass is 79.9. The lowest BCUT2D eigenvalue weighted by atomic mass is 10.0. The number of carbonyl (C=O) groups excluding carboxylic acids is 1. The van der Waals surface area contributed by atoms with Crippen LogP contribution in [0.3, 0.4) is 0 Å². The minimum absolute atomic E-state index is 0.0358. The number of ketones is 1. The van der Waals surface area contributed by atoms with Gasteiger partial charge in [-0.15, -0.1) is 0 Å². The van der Waals surface area contributed by atoms with Crippen LogP contribution in [0.15, 0.2) is 18.2 Å². The minimum atomic E-state index is -0.320. The molecule has 0 amide bonds. The summed E-state index contributed by atoms with van der Waals surface area (Å²) in [7, 11) is 0. The van der Waals surface area contributed by atoms with E-state index in [0.717, 1.165) is 17.5 Å². The second-order valence-electron chi connectivity index (χ2n) is 3.21. The maximum atomic E-state index is 11.1. The van der Waals surface area contributed by atoms with E-state index in [-0.39, 0.29) is 16.4 Å². The second kappa shape index (κ2) is 4.60. The molecule has 0 saturated carbocycles. The van der Waals surface area contributed by atoms with E-state index in [9.17, 15) is 9.90 Å². The standard InChI is InChI=1S/C11H13BrO2/c1-3-8-4-5-9(6-10(8)14)11(12)7(2)13/h4-6,11,14H,3H2,1-2H3. The van der Waals surface area contributed by atoms with E-state index >= 15 is 0 Å². The third-order valence-corrected chi connectivity index (χ3v) is 3.31. The number of alkyl halides is 1. The van der Waals surface area contributed by atoms with Gasteiger partial charge in [-0.25, -0.2) is 0 Å². The lowest BCUT2D eigenvalue weighted by Crippen LogP contribution is -2.01. The van der Waals surface area contributed by atoms with Gasteiger partial charge in [0.15, 0.2) is 0 Å². The first kappa shape index (κ1) is 11.2. The molecule has 1 N–H and O–H groups in total. The molecule has 1 atom stereocenters. The molecule has 0 fully saturated rings. The van der Waals surface area contributed by atoms with Crippen molar-refractivity contribution in [1.82, 2.24) is 0 Å². The number of hydrogen-bond donors (Lipinski definition) is 1. The summed E-state index contributed by atoms with van der Waals surface area (Å²) in [5, 5.41) is 9.59. The molecular weight excluding hydrogens is 244 g/mol. The van der Waals surface area contributed by atoms with Crippen LogP contribution in [-0.4, -0.2) is 10.9 Å². The zero-order chi connectivity index (χ0) is 10.7. The van der Waals surface area contributed by atoms with Gasteiger partial charge in [-0.05, 0) is 30.5 Å². The van der Waals surface area contributed by atoms with Crippen molar-refractivity contribution < 1.29 is 9.90 Å². The summed E-state index contributed by atoms with van der Waals surface area (Å²) in [5.41, 5.74) is 1.70. The number of benzene rings is 1. The molecule has 14 heavy (non-hydrogen) atoms. The predicted octanol–water partition coefficient (Wildman–Crippen LogP) is 2.98. The van der Waals surface area contributed by atoms with Crippen LogP contribution in [0.1, 0.15) is 29.8 Å². The Morgan fingerprint density at radius 3 is 2.64 bits per heavy atom. The fourth-order valence-corrected chi connectivity index (χ4v) is 1.56. The van der Waals surface area contributed by atoms with Gasteiger partial charge in [-0.3, -0.25) is 4.79 Å². The monoisotopic (exact) mass is 256 g/mol. The van der Waals surface area contributed by atoms with Crippen molar-refractivity contribution in [3.8, 4) is 5.75 Å². The van der Waals surface area contributed by atoms with E-state index < -0.39 is 0 Å². The first-order valence-corrected chi connectivity index (χ1v) is 5.44. The zero-order valence-corrected chi connectivity index (χ0v) is 9.84. The van der Waals surface area contributed by atoms with E-state index in [1.165, 1.54) is 6.92 Å². The first-order valence-electron chi connectivity index (χ1n) is 4.52. The molecule has 1 unspecified atom stereocenters. The Morgan fingerprint density at radius 1 is 1.57 bits per heavy atom. The Balaban J connectivity index is 3.02. The normalized spacial score (nSPS) is 12.5. The third kappa shape index (κ3) is 2.35. The number of aryl methyl sites for hydroxylation is 1. The van der Waals surface area contributed by atoms with Crippen molar-refractivity contribution in [2.75, 3.05) is 0 Å². The predicted molar refractivity (Wildman–Crippen MR) is 59.8 cm³/mol. The fraction of sp³-hybridized carbons (Fsp3) is 0.364. The van der Waals surface area contributed by atoms with Gasteiger partial charge in [0.1, 0.15) is 11.5 Å². The molecule has 1 aromatic carbocycles. The molecule has 0 aliphatic rings. The topological polar surface area (TPSA) is 37.3 Å². The molecule has 0 spiro atoms.